The van der Waals surface area contributed by atoms with E-state index < -0.39 is 0 Å². The first-order valence-electron chi connectivity index (χ1n) is 9.29. The van der Waals surface area contributed by atoms with Gasteiger partial charge in [-0.05, 0) is 37.8 Å². The van der Waals surface area contributed by atoms with Crippen LogP contribution in [0.1, 0.15) is 61.9 Å². The molecule has 2 atom stereocenters. The van der Waals surface area contributed by atoms with Gasteiger partial charge < -0.3 is 10.0 Å². The molecule has 2 bridgehead atoms. The topological polar surface area (TPSA) is 71.2 Å². The molecule has 1 aromatic carbocycles. The number of hydrogen-bond acceptors (Lipinski definition) is 4. The summed E-state index contributed by atoms with van der Waals surface area (Å²) in [6.07, 6.45) is 2.75. The van der Waals surface area contributed by atoms with Gasteiger partial charge in [0.15, 0.2) is 0 Å². The van der Waals surface area contributed by atoms with Crippen LogP contribution in [0, 0.1) is 0 Å². The van der Waals surface area contributed by atoms with E-state index in [9.17, 15) is 9.90 Å². The Kier molecular flexibility index (Phi) is 4.91. The minimum absolute atomic E-state index is 0.0336. The zero-order valence-electron chi connectivity index (χ0n) is 15.3. The predicted molar refractivity (Wildman–Crippen MR) is 104 cm³/mol. The van der Waals surface area contributed by atoms with Crippen LogP contribution in [0.2, 0.25) is 10.0 Å². The number of fused-ring (bicyclic) bond motifs is 2. The van der Waals surface area contributed by atoms with Crippen LogP contribution in [0.4, 0.5) is 0 Å². The van der Waals surface area contributed by atoms with Gasteiger partial charge in [0, 0.05) is 18.0 Å². The standard InChI is InChI=1S/C19H22Cl2N4O2/c1-10(2)18-22-17(23-25(18)16-14(20)4-3-5-15(16)21)19(27)24-11-6-7-12(24)9-13(26)8-11/h3-5,10-13,26H,6-9H2,1-2H3/t11-,12-/m0/s1. The molecule has 1 amide bonds. The number of aromatic nitrogens is 3. The first-order chi connectivity index (χ1) is 12.9. The predicted octanol–water partition coefficient (Wildman–Crippen LogP) is 3.83. The molecule has 1 N–H and O–H groups in total. The van der Waals surface area contributed by atoms with E-state index >= 15 is 0 Å². The summed E-state index contributed by atoms with van der Waals surface area (Å²) >= 11 is 12.7. The second kappa shape index (κ2) is 7.08. The fourth-order valence-electron chi connectivity index (χ4n) is 4.24. The second-order valence-electron chi connectivity index (χ2n) is 7.65. The third-order valence-electron chi connectivity index (χ3n) is 5.43. The molecule has 0 saturated carbocycles. The van der Waals surface area contributed by atoms with Crippen molar-refractivity contribution >= 4 is 29.1 Å². The zero-order valence-corrected chi connectivity index (χ0v) is 16.8. The number of para-hydroxylation sites is 1. The number of aliphatic hydroxyl groups is 1. The van der Waals surface area contributed by atoms with Crippen molar-refractivity contribution in [1.82, 2.24) is 19.7 Å². The SMILES string of the molecule is CC(C)c1nc(C(=O)N2[C@H]3CC[C@H]2CC(O)C3)nn1-c1c(Cl)cccc1Cl. The lowest BCUT2D eigenvalue weighted by atomic mass is 10.00. The average molecular weight is 409 g/mol. The number of benzene rings is 1. The number of amides is 1. The molecule has 8 heteroatoms. The summed E-state index contributed by atoms with van der Waals surface area (Å²) in [7, 11) is 0. The highest BCUT2D eigenvalue weighted by molar-refractivity contribution is 6.37. The highest BCUT2D eigenvalue weighted by Gasteiger charge is 2.44. The van der Waals surface area contributed by atoms with Crippen molar-refractivity contribution in [1.29, 1.82) is 0 Å². The van der Waals surface area contributed by atoms with Crippen molar-refractivity contribution in [2.24, 2.45) is 0 Å². The van der Waals surface area contributed by atoms with E-state index in [4.69, 9.17) is 23.2 Å². The molecule has 1 aromatic heterocycles. The van der Waals surface area contributed by atoms with E-state index in [0.717, 1.165) is 12.8 Å². The first kappa shape index (κ1) is 18.7. The van der Waals surface area contributed by atoms with Crippen LogP contribution < -0.4 is 0 Å². The molecular weight excluding hydrogens is 387 g/mol. The fraction of sp³-hybridized carbons (Fsp3) is 0.526. The summed E-state index contributed by atoms with van der Waals surface area (Å²) in [5, 5.41) is 15.4. The molecule has 2 aromatic rings. The summed E-state index contributed by atoms with van der Waals surface area (Å²) in [4.78, 5) is 19.6. The third-order valence-corrected chi connectivity index (χ3v) is 6.04. The van der Waals surface area contributed by atoms with E-state index in [1.54, 1.807) is 22.9 Å². The van der Waals surface area contributed by atoms with Crippen molar-refractivity contribution in [2.75, 3.05) is 0 Å². The summed E-state index contributed by atoms with van der Waals surface area (Å²) in [6.45, 7) is 3.97. The Hall–Kier alpha value is -1.63. The van der Waals surface area contributed by atoms with Crippen LogP contribution in [0.3, 0.4) is 0 Å². The summed E-state index contributed by atoms with van der Waals surface area (Å²) < 4.78 is 1.59. The van der Waals surface area contributed by atoms with Crippen molar-refractivity contribution in [3.8, 4) is 5.69 Å². The summed E-state index contributed by atoms with van der Waals surface area (Å²) in [5.41, 5.74) is 0.535. The van der Waals surface area contributed by atoms with Gasteiger partial charge >= 0.3 is 0 Å². The average Bonchev–Trinajstić information content (AvgIpc) is 3.14. The zero-order chi connectivity index (χ0) is 19.3. The third kappa shape index (κ3) is 3.24. The molecule has 2 fully saturated rings. The van der Waals surface area contributed by atoms with Gasteiger partial charge in [-0.3, -0.25) is 4.79 Å². The number of nitrogens with zero attached hydrogens (tertiary/aromatic N) is 4. The number of carbonyl (C=O) groups excluding carboxylic acids is 1. The van der Waals surface area contributed by atoms with Gasteiger partial charge in [0.05, 0.1) is 16.1 Å². The first-order valence-corrected chi connectivity index (χ1v) is 10.0. The maximum absolute atomic E-state index is 13.2. The number of hydrogen-bond donors (Lipinski definition) is 1. The largest absolute Gasteiger partial charge is 0.393 e. The molecule has 2 aliphatic heterocycles. The highest BCUT2D eigenvalue weighted by atomic mass is 35.5. The molecule has 0 unspecified atom stereocenters. The lowest BCUT2D eigenvalue weighted by molar-refractivity contribution is 0.0278. The van der Waals surface area contributed by atoms with Crippen molar-refractivity contribution in [2.45, 2.75) is 63.6 Å². The van der Waals surface area contributed by atoms with Gasteiger partial charge in [0.2, 0.25) is 5.82 Å². The molecule has 3 heterocycles. The van der Waals surface area contributed by atoms with Crippen LogP contribution >= 0.6 is 23.2 Å². The Balaban J connectivity index is 1.74. The van der Waals surface area contributed by atoms with Crippen molar-refractivity contribution < 1.29 is 9.90 Å². The normalized spacial score (nSPS) is 24.7. The summed E-state index contributed by atoms with van der Waals surface area (Å²) in [6, 6.07) is 5.36. The van der Waals surface area contributed by atoms with E-state index in [-0.39, 0.29) is 35.8 Å². The Morgan fingerprint density at radius 1 is 1.19 bits per heavy atom. The van der Waals surface area contributed by atoms with Crippen LogP contribution in [0.5, 0.6) is 0 Å². The monoisotopic (exact) mass is 408 g/mol. The van der Waals surface area contributed by atoms with E-state index in [1.807, 2.05) is 18.7 Å². The van der Waals surface area contributed by atoms with Gasteiger partial charge in [-0.1, -0.05) is 43.1 Å². The molecule has 0 spiro atoms. The van der Waals surface area contributed by atoms with Crippen LogP contribution in [0.15, 0.2) is 18.2 Å². The Morgan fingerprint density at radius 3 is 2.33 bits per heavy atom. The molecule has 0 aliphatic carbocycles. The molecule has 144 valence electrons. The Morgan fingerprint density at radius 2 is 1.78 bits per heavy atom. The van der Waals surface area contributed by atoms with Gasteiger partial charge in [-0.15, -0.1) is 5.10 Å². The van der Waals surface area contributed by atoms with Gasteiger partial charge in [0.25, 0.3) is 5.91 Å². The highest BCUT2D eigenvalue weighted by Crippen LogP contribution is 2.37. The Labute approximate surface area is 168 Å². The molecule has 6 nitrogen and oxygen atoms in total. The molecule has 2 saturated heterocycles. The maximum Gasteiger partial charge on any atom is 0.294 e. The lowest BCUT2D eigenvalue weighted by Crippen LogP contribution is -2.48. The molecular formula is C19H22Cl2N4O2. The van der Waals surface area contributed by atoms with Gasteiger partial charge in [-0.25, -0.2) is 9.67 Å². The van der Waals surface area contributed by atoms with Crippen molar-refractivity contribution in [3.63, 3.8) is 0 Å². The summed E-state index contributed by atoms with van der Waals surface area (Å²) in [5.74, 6) is 0.644. The minimum Gasteiger partial charge on any atom is -0.393 e. The van der Waals surface area contributed by atoms with Gasteiger partial charge in [0.1, 0.15) is 11.5 Å². The number of rotatable bonds is 3. The van der Waals surface area contributed by atoms with E-state index in [1.165, 1.54) is 0 Å². The second-order valence-corrected chi connectivity index (χ2v) is 8.47. The van der Waals surface area contributed by atoms with Crippen LogP contribution in [0.25, 0.3) is 5.69 Å². The van der Waals surface area contributed by atoms with Crippen LogP contribution in [-0.2, 0) is 0 Å². The fourth-order valence-corrected chi connectivity index (χ4v) is 4.80. The molecule has 4 rings (SSSR count). The molecule has 2 aliphatic rings. The number of piperidine rings is 1. The quantitative estimate of drug-likeness (QED) is 0.837. The number of halogens is 2. The lowest BCUT2D eigenvalue weighted by Gasteiger charge is -2.36. The van der Waals surface area contributed by atoms with E-state index in [0.29, 0.717) is 34.4 Å². The van der Waals surface area contributed by atoms with Gasteiger partial charge in [-0.2, -0.15) is 0 Å². The maximum atomic E-state index is 13.2. The number of aliphatic hydroxyl groups excluding tert-OH is 1. The number of carbonyl (C=O) groups is 1. The smallest absolute Gasteiger partial charge is 0.294 e. The molecule has 0 radical (unpaired) electrons. The molecule has 27 heavy (non-hydrogen) atoms. The van der Waals surface area contributed by atoms with Crippen molar-refractivity contribution in [3.05, 3.63) is 39.9 Å². The van der Waals surface area contributed by atoms with E-state index in [2.05, 4.69) is 10.1 Å². The minimum atomic E-state index is -0.328. The van der Waals surface area contributed by atoms with Crippen LogP contribution in [-0.4, -0.2) is 48.9 Å². The Bertz CT molecular complexity index is 848.